The third-order valence-corrected chi connectivity index (χ3v) is 7.07. The van der Waals surface area contributed by atoms with E-state index in [0.717, 1.165) is 30.7 Å². The number of hydrazine groups is 1. The molecule has 1 fully saturated rings. The molecule has 1 aliphatic rings. The third kappa shape index (κ3) is 5.00. The second-order valence-electron chi connectivity index (χ2n) is 7.19. The minimum absolute atomic E-state index is 0.00656. The first-order valence-electron chi connectivity index (χ1n) is 9.58. The first-order chi connectivity index (χ1) is 14.2. The molecule has 3 rings (SSSR count). The van der Waals surface area contributed by atoms with Gasteiger partial charge < -0.3 is 0 Å². The van der Waals surface area contributed by atoms with Crippen molar-refractivity contribution in [2.45, 2.75) is 44.6 Å². The van der Waals surface area contributed by atoms with Crippen LogP contribution in [0.25, 0.3) is 0 Å². The lowest BCUT2D eigenvalue weighted by molar-refractivity contribution is -0.122. The smallest absolute Gasteiger partial charge is 0.271 e. The van der Waals surface area contributed by atoms with Crippen LogP contribution in [-0.2, 0) is 21.4 Å². The summed E-state index contributed by atoms with van der Waals surface area (Å²) >= 11 is 6.10. The SMILES string of the molecule is Cc1cc(C)n(CC(=O)NNC(=O)c2cc(S(=O)(=O)N3CCCCC3)ccc2Cl)n1. The summed E-state index contributed by atoms with van der Waals surface area (Å²) in [6.07, 6.45) is 2.61. The summed E-state index contributed by atoms with van der Waals surface area (Å²) in [5.41, 5.74) is 6.12. The number of amides is 2. The maximum Gasteiger partial charge on any atom is 0.271 e. The highest BCUT2D eigenvalue weighted by molar-refractivity contribution is 7.89. The molecule has 0 spiro atoms. The van der Waals surface area contributed by atoms with Gasteiger partial charge in [-0.1, -0.05) is 18.0 Å². The van der Waals surface area contributed by atoms with E-state index in [4.69, 9.17) is 11.6 Å². The van der Waals surface area contributed by atoms with Gasteiger partial charge in [-0.2, -0.15) is 9.40 Å². The minimum atomic E-state index is -3.71. The van der Waals surface area contributed by atoms with Crippen LogP contribution in [0.15, 0.2) is 29.2 Å². The molecule has 162 valence electrons. The van der Waals surface area contributed by atoms with Gasteiger partial charge in [0.1, 0.15) is 6.54 Å². The predicted molar refractivity (Wildman–Crippen MR) is 111 cm³/mol. The zero-order valence-corrected chi connectivity index (χ0v) is 18.4. The van der Waals surface area contributed by atoms with Crippen molar-refractivity contribution in [3.05, 3.63) is 46.2 Å². The molecule has 0 atom stereocenters. The van der Waals surface area contributed by atoms with Crippen LogP contribution in [0.5, 0.6) is 0 Å². The number of aromatic nitrogens is 2. The van der Waals surface area contributed by atoms with Crippen LogP contribution in [0.2, 0.25) is 5.02 Å². The lowest BCUT2D eigenvalue weighted by Gasteiger charge is -2.26. The fraction of sp³-hybridized carbons (Fsp3) is 0.421. The average molecular weight is 454 g/mol. The van der Waals surface area contributed by atoms with E-state index >= 15 is 0 Å². The Morgan fingerprint density at radius 2 is 1.80 bits per heavy atom. The van der Waals surface area contributed by atoms with Crippen molar-refractivity contribution in [2.24, 2.45) is 0 Å². The van der Waals surface area contributed by atoms with Gasteiger partial charge in [-0.05, 0) is 51.0 Å². The number of nitrogens with zero attached hydrogens (tertiary/aromatic N) is 3. The van der Waals surface area contributed by atoms with E-state index in [1.807, 2.05) is 19.9 Å². The zero-order valence-electron chi connectivity index (χ0n) is 16.8. The number of benzene rings is 1. The maximum absolute atomic E-state index is 12.8. The molecule has 11 heteroatoms. The highest BCUT2D eigenvalue weighted by Crippen LogP contribution is 2.25. The summed E-state index contributed by atoms with van der Waals surface area (Å²) in [5, 5.41) is 4.26. The van der Waals surface area contributed by atoms with Gasteiger partial charge >= 0.3 is 0 Å². The summed E-state index contributed by atoms with van der Waals surface area (Å²) < 4.78 is 28.6. The van der Waals surface area contributed by atoms with E-state index in [9.17, 15) is 18.0 Å². The summed E-state index contributed by atoms with van der Waals surface area (Å²) in [6, 6.07) is 5.81. The first-order valence-corrected chi connectivity index (χ1v) is 11.4. The second kappa shape index (κ2) is 9.15. The summed E-state index contributed by atoms with van der Waals surface area (Å²) in [4.78, 5) is 24.6. The number of piperidine rings is 1. The fourth-order valence-electron chi connectivity index (χ4n) is 3.30. The van der Waals surface area contributed by atoms with E-state index in [1.54, 1.807) is 0 Å². The zero-order chi connectivity index (χ0) is 21.9. The maximum atomic E-state index is 12.8. The Kier molecular flexibility index (Phi) is 6.79. The second-order valence-corrected chi connectivity index (χ2v) is 9.54. The van der Waals surface area contributed by atoms with Crippen LogP contribution in [0.3, 0.4) is 0 Å². The Hall–Kier alpha value is -2.43. The van der Waals surface area contributed by atoms with E-state index < -0.39 is 21.8 Å². The largest absolute Gasteiger partial charge is 0.271 e. The predicted octanol–water partition coefficient (Wildman–Crippen LogP) is 1.79. The lowest BCUT2D eigenvalue weighted by Crippen LogP contribution is -2.43. The molecule has 2 N–H and O–H groups in total. The Morgan fingerprint density at radius 3 is 2.43 bits per heavy atom. The molecule has 1 saturated heterocycles. The van der Waals surface area contributed by atoms with E-state index in [-0.39, 0.29) is 22.0 Å². The quantitative estimate of drug-likeness (QED) is 0.670. The number of carbonyl (C=O) groups excluding carboxylic acids is 2. The highest BCUT2D eigenvalue weighted by Gasteiger charge is 2.27. The number of hydrogen-bond donors (Lipinski definition) is 2. The molecular formula is C19H24ClN5O4S. The van der Waals surface area contributed by atoms with Crippen LogP contribution in [-0.4, -0.2) is 47.4 Å². The Balaban J connectivity index is 1.69. The number of aryl methyl sites for hydroxylation is 2. The van der Waals surface area contributed by atoms with Gasteiger partial charge in [0.25, 0.3) is 11.8 Å². The van der Waals surface area contributed by atoms with Crippen LogP contribution in [0, 0.1) is 13.8 Å². The molecule has 1 aliphatic heterocycles. The summed E-state index contributed by atoms with van der Waals surface area (Å²) in [5.74, 6) is -1.19. The number of sulfonamides is 1. The number of carbonyl (C=O) groups is 2. The van der Waals surface area contributed by atoms with E-state index in [1.165, 1.54) is 27.2 Å². The van der Waals surface area contributed by atoms with Crippen LogP contribution in [0.4, 0.5) is 0 Å². The van der Waals surface area contributed by atoms with Gasteiger partial charge in [0.15, 0.2) is 0 Å². The number of halogens is 1. The van der Waals surface area contributed by atoms with Crippen molar-refractivity contribution >= 4 is 33.4 Å². The first kappa shape index (κ1) is 22.3. The Labute approximate surface area is 180 Å². The fourth-order valence-corrected chi connectivity index (χ4v) is 5.04. The molecule has 1 aromatic heterocycles. The number of nitrogens with one attached hydrogen (secondary N) is 2. The van der Waals surface area contributed by atoms with E-state index in [2.05, 4.69) is 16.0 Å². The molecule has 1 aromatic carbocycles. The van der Waals surface area contributed by atoms with Gasteiger partial charge in [-0.3, -0.25) is 25.1 Å². The Bertz CT molecular complexity index is 1060. The average Bonchev–Trinajstić information content (AvgIpc) is 3.03. The van der Waals surface area contributed by atoms with Crippen molar-refractivity contribution in [3.63, 3.8) is 0 Å². The molecular weight excluding hydrogens is 430 g/mol. The molecule has 0 unspecified atom stereocenters. The van der Waals surface area contributed by atoms with Crippen molar-refractivity contribution in [1.82, 2.24) is 24.9 Å². The monoisotopic (exact) mass is 453 g/mol. The van der Waals surface area contributed by atoms with Gasteiger partial charge in [0.2, 0.25) is 10.0 Å². The van der Waals surface area contributed by atoms with Crippen molar-refractivity contribution in [1.29, 1.82) is 0 Å². The molecule has 9 nitrogen and oxygen atoms in total. The van der Waals surface area contributed by atoms with Crippen molar-refractivity contribution in [2.75, 3.05) is 13.1 Å². The van der Waals surface area contributed by atoms with E-state index in [0.29, 0.717) is 13.1 Å². The molecule has 0 saturated carbocycles. The Morgan fingerprint density at radius 1 is 1.10 bits per heavy atom. The topological polar surface area (TPSA) is 113 Å². The molecule has 0 aliphatic carbocycles. The van der Waals surface area contributed by atoms with Gasteiger partial charge in [-0.25, -0.2) is 8.42 Å². The molecule has 2 aromatic rings. The molecule has 0 bridgehead atoms. The van der Waals surface area contributed by atoms with Crippen LogP contribution >= 0.6 is 11.6 Å². The molecule has 30 heavy (non-hydrogen) atoms. The third-order valence-electron chi connectivity index (χ3n) is 4.85. The van der Waals surface area contributed by atoms with Crippen molar-refractivity contribution in [3.8, 4) is 0 Å². The standard InChI is InChI=1S/C19H24ClN5O4S/c1-13-10-14(2)25(23-13)12-18(26)21-22-19(27)16-11-15(6-7-17(16)20)30(28,29)24-8-4-3-5-9-24/h6-7,10-11H,3-5,8-9,12H2,1-2H3,(H,21,26)(H,22,27). The normalized spacial score (nSPS) is 15.0. The molecule has 0 radical (unpaired) electrons. The number of hydrogen-bond acceptors (Lipinski definition) is 5. The van der Waals surface area contributed by atoms with Crippen LogP contribution < -0.4 is 10.9 Å². The van der Waals surface area contributed by atoms with Crippen molar-refractivity contribution < 1.29 is 18.0 Å². The summed E-state index contributed by atoms with van der Waals surface area (Å²) in [7, 11) is -3.71. The van der Waals surface area contributed by atoms with Gasteiger partial charge in [0.05, 0.1) is 21.2 Å². The summed E-state index contributed by atoms with van der Waals surface area (Å²) in [6.45, 7) is 4.47. The van der Waals surface area contributed by atoms with Crippen LogP contribution in [0.1, 0.15) is 41.0 Å². The highest BCUT2D eigenvalue weighted by atomic mass is 35.5. The lowest BCUT2D eigenvalue weighted by atomic mass is 10.2. The minimum Gasteiger partial charge on any atom is -0.271 e. The molecule has 2 heterocycles. The molecule has 2 amide bonds. The van der Waals surface area contributed by atoms with Gasteiger partial charge in [-0.15, -0.1) is 0 Å². The number of rotatable bonds is 5. The van der Waals surface area contributed by atoms with Gasteiger partial charge in [0, 0.05) is 18.8 Å².